The van der Waals surface area contributed by atoms with E-state index in [1.54, 1.807) is 6.20 Å². The Bertz CT molecular complexity index is 1590. The zero-order chi connectivity index (χ0) is 26.6. The summed E-state index contributed by atoms with van der Waals surface area (Å²) in [6.07, 6.45) is 3.60. The summed E-state index contributed by atoms with van der Waals surface area (Å²) in [7, 11) is 0. The van der Waals surface area contributed by atoms with E-state index in [9.17, 15) is 4.79 Å². The van der Waals surface area contributed by atoms with E-state index in [0.717, 1.165) is 60.7 Å². The van der Waals surface area contributed by atoms with Crippen LogP contribution in [-0.4, -0.2) is 47.0 Å². The molecule has 2 aromatic heterocycles. The van der Waals surface area contributed by atoms with Gasteiger partial charge in [0.1, 0.15) is 5.82 Å². The Morgan fingerprint density at radius 2 is 1.64 bits per heavy atom. The number of hydrogen-bond acceptors (Lipinski definition) is 5. The maximum absolute atomic E-state index is 13.1. The second-order valence-corrected chi connectivity index (χ2v) is 9.95. The molecule has 0 unspecified atom stereocenters. The number of aromatic nitrogens is 2. The van der Waals surface area contributed by atoms with E-state index < -0.39 is 0 Å². The van der Waals surface area contributed by atoms with Crippen molar-refractivity contribution in [2.24, 2.45) is 0 Å². The second kappa shape index (κ2) is 11.1. The van der Waals surface area contributed by atoms with E-state index in [0.29, 0.717) is 11.3 Å². The Balaban J connectivity index is 1.07. The summed E-state index contributed by atoms with van der Waals surface area (Å²) in [6.45, 7) is 6.66. The number of amides is 1. The fraction of sp³-hybridized carbons (Fsp3) is 0.182. The van der Waals surface area contributed by atoms with Crippen molar-refractivity contribution in [3.63, 3.8) is 0 Å². The number of benzene rings is 3. The van der Waals surface area contributed by atoms with Gasteiger partial charge in [0.05, 0.1) is 17.4 Å². The van der Waals surface area contributed by atoms with Gasteiger partial charge in [-0.3, -0.25) is 14.7 Å². The third-order valence-electron chi connectivity index (χ3n) is 7.50. The number of anilines is 2. The number of fused-ring (bicyclic) bond motifs is 1. The second-order valence-electron chi connectivity index (χ2n) is 9.95. The maximum atomic E-state index is 13.1. The molecule has 0 atom stereocenters. The number of carbonyl (C=O) groups is 1. The van der Waals surface area contributed by atoms with Gasteiger partial charge in [-0.15, -0.1) is 0 Å². The quantitative estimate of drug-likeness (QED) is 0.294. The van der Waals surface area contributed by atoms with Crippen molar-refractivity contribution < 1.29 is 4.79 Å². The summed E-state index contributed by atoms with van der Waals surface area (Å²) in [4.78, 5) is 27.1. The molecule has 0 bridgehead atoms. The van der Waals surface area contributed by atoms with E-state index in [1.165, 1.54) is 10.9 Å². The van der Waals surface area contributed by atoms with Crippen LogP contribution in [0.4, 0.5) is 11.5 Å². The topological polar surface area (TPSA) is 61.4 Å². The lowest BCUT2D eigenvalue weighted by Gasteiger charge is -2.35. The van der Waals surface area contributed by atoms with Crippen molar-refractivity contribution in [1.29, 1.82) is 0 Å². The van der Waals surface area contributed by atoms with Crippen LogP contribution in [-0.2, 0) is 6.54 Å². The van der Waals surface area contributed by atoms with Crippen molar-refractivity contribution >= 4 is 28.3 Å². The Morgan fingerprint density at radius 1 is 0.821 bits per heavy atom. The van der Waals surface area contributed by atoms with Crippen molar-refractivity contribution in [3.8, 4) is 11.1 Å². The van der Waals surface area contributed by atoms with Crippen LogP contribution in [0, 0.1) is 6.92 Å². The van der Waals surface area contributed by atoms with Crippen LogP contribution in [0.1, 0.15) is 21.5 Å². The van der Waals surface area contributed by atoms with E-state index >= 15 is 0 Å². The lowest BCUT2D eigenvalue weighted by atomic mass is 9.96. The van der Waals surface area contributed by atoms with Gasteiger partial charge in [-0.25, -0.2) is 4.98 Å². The number of rotatable bonds is 6. The SMILES string of the molecule is Cc1c(C(=O)Nc2ccc(N3CCN(Cc4cccc5ncccc45)CC3)nc2)cccc1-c1ccccc1. The normalized spacial score (nSPS) is 13.9. The molecule has 0 radical (unpaired) electrons. The first-order chi connectivity index (χ1) is 19.2. The summed E-state index contributed by atoms with van der Waals surface area (Å²) >= 11 is 0. The Hall–Kier alpha value is -4.55. The van der Waals surface area contributed by atoms with Gasteiger partial charge in [0.25, 0.3) is 5.91 Å². The Morgan fingerprint density at radius 3 is 2.44 bits per heavy atom. The zero-order valence-electron chi connectivity index (χ0n) is 22.0. The molecule has 194 valence electrons. The summed E-state index contributed by atoms with van der Waals surface area (Å²) in [5.74, 6) is 0.807. The van der Waals surface area contributed by atoms with Crippen LogP contribution in [0.25, 0.3) is 22.0 Å². The number of hydrogen-bond donors (Lipinski definition) is 1. The third kappa shape index (κ3) is 5.38. The molecular weight excluding hydrogens is 482 g/mol. The van der Waals surface area contributed by atoms with Crippen LogP contribution < -0.4 is 10.2 Å². The highest BCUT2D eigenvalue weighted by Gasteiger charge is 2.19. The fourth-order valence-corrected chi connectivity index (χ4v) is 5.34. The molecule has 3 heterocycles. The van der Waals surface area contributed by atoms with Crippen molar-refractivity contribution in [2.75, 3.05) is 36.4 Å². The molecule has 1 aliphatic rings. The molecule has 1 fully saturated rings. The molecule has 0 aliphatic carbocycles. The predicted octanol–water partition coefficient (Wildman–Crippen LogP) is 6.18. The van der Waals surface area contributed by atoms with Gasteiger partial charge in [-0.05, 0) is 59.5 Å². The molecule has 1 saturated heterocycles. The van der Waals surface area contributed by atoms with Gasteiger partial charge in [-0.2, -0.15) is 0 Å². The molecule has 1 N–H and O–H groups in total. The molecule has 39 heavy (non-hydrogen) atoms. The van der Waals surface area contributed by atoms with E-state index in [2.05, 4.69) is 67.5 Å². The standard InChI is InChI=1S/C33H31N5O/c1-24-28(25-8-3-2-4-9-25)11-6-12-29(24)33(39)36-27-15-16-32(35-22-27)38-20-18-37(19-21-38)23-26-10-5-14-31-30(26)13-7-17-34-31/h2-17,22H,18-21,23H2,1H3,(H,36,39). The molecular formula is C33H31N5O. The third-order valence-corrected chi connectivity index (χ3v) is 7.50. The molecule has 3 aromatic carbocycles. The number of pyridine rings is 2. The predicted molar refractivity (Wildman–Crippen MR) is 158 cm³/mol. The lowest BCUT2D eigenvalue weighted by molar-refractivity contribution is 0.102. The largest absolute Gasteiger partial charge is 0.354 e. The summed E-state index contributed by atoms with van der Waals surface area (Å²) in [5.41, 5.74) is 6.84. The van der Waals surface area contributed by atoms with Crippen LogP contribution in [0.15, 0.2) is 103 Å². The molecule has 0 saturated carbocycles. The van der Waals surface area contributed by atoms with Crippen LogP contribution >= 0.6 is 0 Å². The van der Waals surface area contributed by atoms with E-state index in [4.69, 9.17) is 0 Å². The first-order valence-corrected chi connectivity index (χ1v) is 13.4. The summed E-state index contributed by atoms with van der Waals surface area (Å²) in [5, 5.41) is 4.25. The van der Waals surface area contributed by atoms with Crippen LogP contribution in [0.5, 0.6) is 0 Å². The number of nitrogens with one attached hydrogen (secondary N) is 1. The molecule has 1 amide bonds. The maximum Gasteiger partial charge on any atom is 0.255 e. The van der Waals surface area contributed by atoms with Gasteiger partial charge in [0, 0.05) is 49.9 Å². The van der Waals surface area contributed by atoms with Crippen molar-refractivity contribution in [3.05, 3.63) is 120 Å². The molecule has 6 heteroatoms. The van der Waals surface area contributed by atoms with Crippen molar-refractivity contribution in [2.45, 2.75) is 13.5 Å². The Labute approximate surface area is 229 Å². The number of carbonyl (C=O) groups excluding carboxylic acids is 1. The van der Waals surface area contributed by atoms with Crippen molar-refractivity contribution in [1.82, 2.24) is 14.9 Å². The minimum atomic E-state index is -0.128. The molecule has 5 aromatic rings. The highest BCUT2D eigenvalue weighted by atomic mass is 16.1. The first-order valence-electron chi connectivity index (χ1n) is 13.4. The fourth-order valence-electron chi connectivity index (χ4n) is 5.34. The number of nitrogens with zero attached hydrogens (tertiary/aromatic N) is 4. The van der Waals surface area contributed by atoms with Gasteiger partial charge >= 0.3 is 0 Å². The smallest absolute Gasteiger partial charge is 0.255 e. The van der Waals surface area contributed by atoms with Crippen LogP contribution in [0.2, 0.25) is 0 Å². The van der Waals surface area contributed by atoms with E-state index in [1.807, 2.05) is 61.7 Å². The van der Waals surface area contributed by atoms with Gasteiger partial charge < -0.3 is 10.2 Å². The average molecular weight is 514 g/mol. The zero-order valence-corrected chi connectivity index (χ0v) is 22.0. The molecule has 1 aliphatic heterocycles. The molecule has 6 nitrogen and oxygen atoms in total. The average Bonchev–Trinajstić information content (AvgIpc) is 2.99. The lowest BCUT2D eigenvalue weighted by Crippen LogP contribution is -2.46. The Kier molecular flexibility index (Phi) is 7.02. The molecule has 6 rings (SSSR count). The summed E-state index contributed by atoms with van der Waals surface area (Å²) in [6, 6.07) is 30.4. The van der Waals surface area contributed by atoms with Gasteiger partial charge in [-0.1, -0.05) is 60.7 Å². The van der Waals surface area contributed by atoms with E-state index in [-0.39, 0.29) is 5.91 Å². The number of piperazine rings is 1. The van der Waals surface area contributed by atoms with Gasteiger partial charge in [0.15, 0.2) is 0 Å². The highest BCUT2D eigenvalue weighted by molar-refractivity contribution is 6.06. The summed E-state index contributed by atoms with van der Waals surface area (Å²) < 4.78 is 0. The minimum absolute atomic E-state index is 0.128. The van der Waals surface area contributed by atoms with Crippen LogP contribution in [0.3, 0.4) is 0 Å². The minimum Gasteiger partial charge on any atom is -0.354 e. The first kappa shape index (κ1) is 24.8. The monoisotopic (exact) mass is 513 g/mol. The highest BCUT2D eigenvalue weighted by Crippen LogP contribution is 2.26. The van der Waals surface area contributed by atoms with Gasteiger partial charge in [0.2, 0.25) is 0 Å². The molecule has 0 spiro atoms.